The van der Waals surface area contributed by atoms with Crippen LogP contribution in [-0.4, -0.2) is 0 Å². The van der Waals surface area contributed by atoms with Crippen molar-refractivity contribution in [2.24, 2.45) is 0 Å². The molecule has 0 unspecified atom stereocenters. The number of nitrogens with zero attached hydrogens (tertiary/aromatic N) is 1. The van der Waals surface area contributed by atoms with Crippen LogP contribution in [0.5, 0.6) is 0 Å². The summed E-state index contributed by atoms with van der Waals surface area (Å²) in [5.74, 6) is 0. The maximum Gasteiger partial charge on any atom is 0.0458 e. The average Bonchev–Trinajstić information content (AvgIpc) is 2.77. The van der Waals surface area contributed by atoms with Crippen LogP contribution in [0.25, 0.3) is 6.08 Å². The number of halogens is 1. The van der Waals surface area contributed by atoms with Crippen molar-refractivity contribution in [2.45, 2.75) is 26.7 Å². The Bertz CT molecular complexity index is 1040. The largest absolute Gasteiger partial charge is 0.314 e. The van der Waals surface area contributed by atoms with Gasteiger partial charge in [0, 0.05) is 21.5 Å². The van der Waals surface area contributed by atoms with Crippen LogP contribution in [0.2, 0.25) is 0 Å². The smallest absolute Gasteiger partial charge is 0.0458 e. The van der Waals surface area contributed by atoms with Crippen molar-refractivity contribution in [1.29, 1.82) is 0 Å². The number of hydrogen-bond acceptors (Lipinski definition) is 1. The van der Waals surface area contributed by atoms with Crippen LogP contribution in [0.4, 0.5) is 11.4 Å². The van der Waals surface area contributed by atoms with Gasteiger partial charge in [-0.05, 0) is 80.3 Å². The first-order chi connectivity index (χ1) is 14.6. The van der Waals surface area contributed by atoms with Crippen molar-refractivity contribution in [1.82, 2.24) is 0 Å². The maximum absolute atomic E-state index is 3.49. The predicted octanol–water partition coefficient (Wildman–Crippen LogP) is 8.52. The quantitative estimate of drug-likeness (QED) is 0.372. The summed E-state index contributed by atoms with van der Waals surface area (Å²) in [4.78, 5) is 2.38. The summed E-state index contributed by atoms with van der Waals surface area (Å²) in [5.41, 5.74) is 8.87. The second kappa shape index (κ2) is 9.32. The molecule has 0 N–H and O–H groups in total. The summed E-state index contributed by atoms with van der Waals surface area (Å²) in [5, 5.41) is 0. The number of aryl methyl sites for hydroxylation is 2. The van der Waals surface area contributed by atoms with E-state index in [1.807, 2.05) is 0 Å². The molecule has 1 nitrogen and oxygen atoms in total. The van der Waals surface area contributed by atoms with E-state index in [1.165, 1.54) is 39.3 Å². The fraction of sp³-hybridized carbons (Fsp3) is 0.143. The Morgan fingerprint density at radius 1 is 0.667 bits per heavy atom. The van der Waals surface area contributed by atoms with Gasteiger partial charge in [-0.2, -0.15) is 0 Å². The van der Waals surface area contributed by atoms with Gasteiger partial charge in [-0.15, -0.1) is 0 Å². The highest BCUT2D eigenvalue weighted by molar-refractivity contribution is 9.10. The molecule has 0 amide bonds. The SMILES string of the molecule is Cc1ccc(N(C2=CC=C(/C=C/c3ccc(Br)cc3)CC2)c2ccc(C)cc2)cc1. The lowest BCUT2D eigenvalue weighted by Crippen LogP contribution is -2.17. The van der Waals surface area contributed by atoms with E-state index in [-0.39, 0.29) is 0 Å². The summed E-state index contributed by atoms with van der Waals surface area (Å²) in [6.45, 7) is 4.26. The van der Waals surface area contributed by atoms with Crippen molar-refractivity contribution >= 4 is 33.4 Å². The summed E-state index contributed by atoms with van der Waals surface area (Å²) in [7, 11) is 0. The normalized spacial score (nSPS) is 13.8. The third-order valence-corrected chi connectivity index (χ3v) is 5.92. The van der Waals surface area contributed by atoms with E-state index in [9.17, 15) is 0 Å². The van der Waals surface area contributed by atoms with Gasteiger partial charge in [0.05, 0.1) is 0 Å². The molecule has 3 aromatic rings. The van der Waals surface area contributed by atoms with Crippen LogP contribution < -0.4 is 4.90 Å². The maximum atomic E-state index is 3.49. The third-order valence-electron chi connectivity index (χ3n) is 5.39. The van der Waals surface area contributed by atoms with Gasteiger partial charge in [-0.3, -0.25) is 0 Å². The highest BCUT2D eigenvalue weighted by Gasteiger charge is 2.16. The van der Waals surface area contributed by atoms with E-state index >= 15 is 0 Å². The lowest BCUT2D eigenvalue weighted by Gasteiger charge is -2.29. The van der Waals surface area contributed by atoms with Gasteiger partial charge in [0.2, 0.25) is 0 Å². The molecule has 150 valence electrons. The molecule has 3 aromatic carbocycles. The number of anilines is 2. The first-order valence-electron chi connectivity index (χ1n) is 10.4. The zero-order chi connectivity index (χ0) is 20.9. The Morgan fingerprint density at radius 3 is 1.73 bits per heavy atom. The van der Waals surface area contributed by atoms with Crippen LogP contribution in [0.1, 0.15) is 29.5 Å². The minimum atomic E-state index is 1.01. The van der Waals surface area contributed by atoms with Crippen molar-refractivity contribution in [3.8, 4) is 0 Å². The van der Waals surface area contributed by atoms with Gasteiger partial charge in [0.1, 0.15) is 0 Å². The summed E-state index contributed by atoms with van der Waals surface area (Å²) >= 11 is 3.49. The van der Waals surface area contributed by atoms with E-state index in [2.05, 4.69) is 132 Å². The molecule has 1 aliphatic carbocycles. The molecular weight excluding hydrogens is 430 g/mol. The van der Waals surface area contributed by atoms with Gasteiger partial charge in [0.25, 0.3) is 0 Å². The van der Waals surface area contributed by atoms with Crippen molar-refractivity contribution < 1.29 is 0 Å². The van der Waals surface area contributed by atoms with Gasteiger partial charge < -0.3 is 4.90 Å². The topological polar surface area (TPSA) is 3.24 Å². The Morgan fingerprint density at radius 2 is 1.23 bits per heavy atom. The third kappa shape index (κ3) is 5.01. The van der Waals surface area contributed by atoms with Crippen LogP contribution in [-0.2, 0) is 0 Å². The Labute approximate surface area is 188 Å². The molecule has 0 heterocycles. The molecule has 0 spiro atoms. The molecule has 0 atom stereocenters. The molecule has 1 aliphatic rings. The van der Waals surface area contributed by atoms with Crippen molar-refractivity contribution in [3.63, 3.8) is 0 Å². The summed E-state index contributed by atoms with van der Waals surface area (Å²) in [6.07, 6.45) is 11.0. The number of rotatable bonds is 5. The fourth-order valence-electron chi connectivity index (χ4n) is 3.61. The molecule has 0 bridgehead atoms. The lowest BCUT2D eigenvalue weighted by molar-refractivity contribution is 0.892. The van der Waals surface area contributed by atoms with Crippen LogP contribution in [0.15, 0.2) is 107 Å². The number of hydrogen-bond donors (Lipinski definition) is 0. The van der Waals surface area contributed by atoms with Gasteiger partial charge in [-0.1, -0.05) is 81.7 Å². The molecule has 4 rings (SSSR count). The van der Waals surface area contributed by atoms with Crippen LogP contribution in [0, 0.1) is 13.8 Å². The first kappa shape index (κ1) is 20.4. The number of benzene rings is 3. The highest BCUT2D eigenvalue weighted by atomic mass is 79.9. The molecular formula is C28H26BrN. The molecule has 0 saturated heterocycles. The summed E-state index contributed by atoms with van der Waals surface area (Å²) in [6, 6.07) is 26.0. The molecule has 0 fully saturated rings. The number of allylic oxidation sites excluding steroid dienone is 5. The van der Waals surface area contributed by atoms with E-state index in [0.717, 1.165) is 17.3 Å². The minimum Gasteiger partial charge on any atom is -0.314 e. The van der Waals surface area contributed by atoms with Crippen LogP contribution in [0.3, 0.4) is 0 Å². The molecule has 0 aliphatic heterocycles. The van der Waals surface area contributed by atoms with Crippen molar-refractivity contribution in [2.75, 3.05) is 4.90 Å². The zero-order valence-corrected chi connectivity index (χ0v) is 19.1. The highest BCUT2D eigenvalue weighted by Crippen LogP contribution is 2.34. The van der Waals surface area contributed by atoms with Gasteiger partial charge >= 0.3 is 0 Å². The van der Waals surface area contributed by atoms with Crippen molar-refractivity contribution in [3.05, 3.63) is 123 Å². The Kier molecular flexibility index (Phi) is 6.35. The molecule has 0 saturated carbocycles. The minimum absolute atomic E-state index is 1.01. The van der Waals surface area contributed by atoms with E-state index in [0.29, 0.717) is 0 Å². The van der Waals surface area contributed by atoms with Crippen LogP contribution >= 0.6 is 15.9 Å². The van der Waals surface area contributed by atoms with E-state index in [4.69, 9.17) is 0 Å². The van der Waals surface area contributed by atoms with E-state index in [1.54, 1.807) is 0 Å². The zero-order valence-electron chi connectivity index (χ0n) is 17.5. The monoisotopic (exact) mass is 455 g/mol. The van der Waals surface area contributed by atoms with Gasteiger partial charge in [0.15, 0.2) is 0 Å². The molecule has 0 radical (unpaired) electrons. The fourth-order valence-corrected chi connectivity index (χ4v) is 3.88. The second-order valence-electron chi connectivity index (χ2n) is 7.79. The molecule has 0 aromatic heterocycles. The predicted molar refractivity (Wildman–Crippen MR) is 133 cm³/mol. The molecule has 30 heavy (non-hydrogen) atoms. The lowest BCUT2D eigenvalue weighted by atomic mass is 9.99. The standard InChI is InChI=1S/C28H26BrN/c1-21-3-15-26(16-4-21)30(27-17-5-22(2)6-18-27)28-19-11-24(12-20-28)8-7-23-9-13-25(29)14-10-23/h3-11,13-19H,12,20H2,1-2H3/b8-7+. The van der Waals surface area contributed by atoms with E-state index < -0.39 is 0 Å². The molecule has 2 heteroatoms. The second-order valence-corrected chi connectivity index (χ2v) is 8.71. The Hall–Kier alpha value is -2.84. The first-order valence-corrected chi connectivity index (χ1v) is 11.1. The summed E-state index contributed by atoms with van der Waals surface area (Å²) < 4.78 is 1.11. The van der Waals surface area contributed by atoms with Gasteiger partial charge in [-0.25, -0.2) is 0 Å². The average molecular weight is 456 g/mol. The Balaban J connectivity index is 1.61.